The first-order valence-electron chi connectivity index (χ1n) is 9.87. The Labute approximate surface area is 162 Å². The smallest absolute Gasteiger partial charge is 0.409 e. The van der Waals surface area contributed by atoms with Crippen LogP contribution in [-0.2, 0) is 9.53 Å². The van der Waals surface area contributed by atoms with Gasteiger partial charge in [-0.2, -0.15) is 0 Å². The van der Waals surface area contributed by atoms with E-state index in [9.17, 15) is 9.59 Å². The molecule has 2 N–H and O–H groups in total. The van der Waals surface area contributed by atoms with Crippen LogP contribution in [-0.4, -0.2) is 62.3 Å². The van der Waals surface area contributed by atoms with Crippen molar-refractivity contribution in [3.8, 4) is 0 Å². The fourth-order valence-electron chi connectivity index (χ4n) is 3.26. The summed E-state index contributed by atoms with van der Waals surface area (Å²) in [4.78, 5) is 27.9. The van der Waals surface area contributed by atoms with E-state index in [2.05, 4.69) is 41.5 Å². The maximum Gasteiger partial charge on any atom is 0.409 e. The number of rotatable bonds is 8. The summed E-state index contributed by atoms with van der Waals surface area (Å²) >= 11 is 0. The van der Waals surface area contributed by atoms with Crippen molar-refractivity contribution in [2.45, 2.75) is 39.7 Å². The highest BCUT2D eigenvalue weighted by Crippen LogP contribution is 2.17. The van der Waals surface area contributed by atoms with Gasteiger partial charge in [-0.1, -0.05) is 0 Å². The zero-order valence-electron chi connectivity index (χ0n) is 16.7. The van der Waals surface area contributed by atoms with E-state index in [0.29, 0.717) is 19.7 Å². The Morgan fingerprint density at radius 3 is 2.30 bits per heavy atom. The van der Waals surface area contributed by atoms with Gasteiger partial charge in [-0.15, -0.1) is 0 Å². The average Bonchev–Trinajstić information content (AvgIpc) is 2.69. The minimum Gasteiger partial charge on any atom is -0.450 e. The first kappa shape index (κ1) is 20.9. The fraction of sp³-hybridized carbons (Fsp3) is 0.600. The topological polar surface area (TPSA) is 73.9 Å². The van der Waals surface area contributed by atoms with Gasteiger partial charge in [-0.3, -0.25) is 4.79 Å². The van der Waals surface area contributed by atoms with Crippen molar-refractivity contribution in [2.75, 3.05) is 49.5 Å². The predicted octanol–water partition coefficient (Wildman–Crippen LogP) is 2.68. The van der Waals surface area contributed by atoms with E-state index in [4.69, 9.17) is 4.74 Å². The van der Waals surface area contributed by atoms with Gasteiger partial charge in [-0.05, 0) is 57.9 Å². The normalized spacial score (nSPS) is 14.6. The Morgan fingerprint density at radius 1 is 1.11 bits per heavy atom. The molecule has 1 saturated heterocycles. The Morgan fingerprint density at radius 2 is 1.74 bits per heavy atom. The summed E-state index contributed by atoms with van der Waals surface area (Å²) in [6.45, 7) is 9.87. The minimum atomic E-state index is -0.267. The van der Waals surface area contributed by atoms with Crippen LogP contribution in [0.2, 0.25) is 0 Å². The molecule has 1 aromatic rings. The number of nitrogens with zero attached hydrogens (tertiary/aromatic N) is 2. The van der Waals surface area contributed by atoms with Crippen molar-refractivity contribution in [3.63, 3.8) is 0 Å². The number of hydrogen-bond acceptors (Lipinski definition) is 5. The number of anilines is 2. The number of likely N-dealkylation sites (tertiary alicyclic amines) is 1. The van der Waals surface area contributed by atoms with Gasteiger partial charge in [0.05, 0.1) is 13.2 Å². The quantitative estimate of drug-likeness (QED) is 0.730. The van der Waals surface area contributed by atoms with Crippen molar-refractivity contribution >= 4 is 23.4 Å². The number of hydrogen-bond donors (Lipinski definition) is 2. The van der Waals surface area contributed by atoms with Gasteiger partial charge >= 0.3 is 6.09 Å². The average molecular weight is 377 g/mol. The minimum absolute atomic E-state index is 0.0302. The van der Waals surface area contributed by atoms with Crippen LogP contribution < -0.4 is 15.5 Å². The Bertz CT molecular complexity index is 594. The molecule has 0 aromatic heterocycles. The van der Waals surface area contributed by atoms with Gasteiger partial charge in [-0.25, -0.2) is 4.79 Å². The van der Waals surface area contributed by atoms with Crippen LogP contribution >= 0.6 is 0 Å². The van der Waals surface area contributed by atoms with E-state index < -0.39 is 0 Å². The summed E-state index contributed by atoms with van der Waals surface area (Å²) in [7, 11) is 0. The maximum atomic E-state index is 12.2. The van der Waals surface area contributed by atoms with Crippen molar-refractivity contribution in [1.82, 2.24) is 10.2 Å². The standard InChI is InChI=1S/C20H32N4O3/c1-4-23(5-2)18-9-7-16(8-10-18)21-15-19(25)22-17-11-13-24(14-12-17)20(26)27-6-3/h7-10,17,21H,4-6,11-15H2,1-3H3,(H,22,25). The molecule has 150 valence electrons. The van der Waals surface area contributed by atoms with Crippen LogP contribution in [0.4, 0.5) is 16.2 Å². The van der Waals surface area contributed by atoms with Crippen molar-refractivity contribution in [1.29, 1.82) is 0 Å². The van der Waals surface area contributed by atoms with Crippen LogP contribution in [0, 0.1) is 0 Å². The van der Waals surface area contributed by atoms with Crippen LogP contribution in [0.5, 0.6) is 0 Å². The first-order valence-corrected chi connectivity index (χ1v) is 9.87. The Hall–Kier alpha value is -2.44. The lowest BCUT2D eigenvalue weighted by Crippen LogP contribution is -2.47. The van der Waals surface area contributed by atoms with Gasteiger partial charge in [0.15, 0.2) is 0 Å². The third-order valence-corrected chi connectivity index (χ3v) is 4.84. The van der Waals surface area contributed by atoms with Crippen LogP contribution in [0.1, 0.15) is 33.6 Å². The van der Waals surface area contributed by atoms with E-state index >= 15 is 0 Å². The lowest BCUT2D eigenvalue weighted by molar-refractivity contribution is -0.120. The molecule has 2 rings (SSSR count). The fourth-order valence-corrected chi connectivity index (χ4v) is 3.26. The monoisotopic (exact) mass is 376 g/mol. The molecular weight excluding hydrogens is 344 g/mol. The van der Waals surface area contributed by atoms with E-state index in [1.807, 2.05) is 12.1 Å². The zero-order valence-corrected chi connectivity index (χ0v) is 16.7. The molecule has 0 radical (unpaired) electrons. The third-order valence-electron chi connectivity index (χ3n) is 4.84. The summed E-state index contributed by atoms with van der Waals surface area (Å²) in [5, 5.41) is 6.20. The highest BCUT2D eigenvalue weighted by molar-refractivity contribution is 5.81. The molecule has 0 unspecified atom stereocenters. The molecule has 7 nitrogen and oxygen atoms in total. The molecule has 0 saturated carbocycles. The highest BCUT2D eigenvalue weighted by atomic mass is 16.6. The molecule has 1 aliphatic rings. The third kappa shape index (κ3) is 6.34. The summed E-state index contributed by atoms with van der Waals surface area (Å²) in [6.07, 6.45) is 1.24. The van der Waals surface area contributed by atoms with Crippen molar-refractivity contribution in [2.24, 2.45) is 0 Å². The van der Waals surface area contributed by atoms with Crippen molar-refractivity contribution < 1.29 is 14.3 Å². The molecule has 0 bridgehead atoms. The van der Waals surface area contributed by atoms with Gasteiger partial charge in [0.1, 0.15) is 0 Å². The maximum absolute atomic E-state index is 12.2. The van der Waals surface area contributed by atoms with Crippen molar-refractivity contribution in [3.05, 3.63) is 24.3 Å². The lowest BCUT2D eigenvalue weighted by Gasteiger charge is -2.31. The molecule has 1 fully saturated rings. The number of carbonyl (C=O) groups excluding carboxylic acids is 2. The highest BCUT2D eigenvalue weighted by Gasteiger charge is 2.24. The van der Waals surface area contributed by atoms with Gasteiger partial charge in [0, 0.05) is 43.6 Å². The summed E-state index contributed by atoms with van der Waals surface area (Å²) < 4.78 is 5.01. The van der Waals surface area contributed by atoms with Gasteiger partial charge in [0.2, 0.25) is 5.91 Å². The summed E-state index contributed by atoms with van der Waals surface area (Å²) in [5.74, 6) is -0.0302. The summed E-state index contributed by atoms with van der Waals surface area (Å²) in [6, 6.07) is 8.24. The van der Waals surface area contributed by atoms with Crippen LogP contribution in [0.15, 0.2) is 24.3 Å². The molecule has 2 amide bonds. The number of amides is 2. The van der Waals surface area contributed by atoms with E-state index in [1.165, 1.54) is 5.69 Å². The van der Waals surface area contributed by atoms with E-state index in [0.717, 1.165) is 31.6 Å². The van der Waals surface area contributed by atoms with E-state index in [-0.39, 0.29) is 24.6 Å². The predicted molar refractivity (Wildman–Crippen MR) is 108 cm³/mol. The Balaban J connectivity index is 1.71. The van der Waals surface area contributed by atoms with Gasteiger partial charge in [0.25, 0.3) is 0 Å². The summed E-state index contributed by atoms with van der Waals surface area (Å²) in [5.41, 5.74) is 2.11. The largest absolute Gasteiger partial charge is 0.450 e. The van der Waals surface area contributed by atoms with Crippen LogP contribution in [0.3, 0.4) is 0 Å². The van der Waals surface area contributed by atoms with Crippen LogP contribution in [0.25, 0.3) is 0 Å². The Kier molecular flexibility index (Phi) is 8.23. The molecule has 0 spiro atoms. The second-order valence-corrected chi connectivity index (χ2v) is 6.60. The number of piperidine rings is 1. The van der Waals surface area contributed by atoms with E-state index in [1.54, 1.807) is 11.8 Å². The number of nitrogens with one attached hydrogen (secondary N) is 2. The molecule has 0 atom stereocenters. The number of benzene rings is 1. The second kappa shape index (κ2) is 10.6. The molecule has 0 aliphatic carbocycles. The molecule has 27 heavy (non-hydrogen) atoms. The number of carbonyl (C=O) groups is 2. The SMILES string of the molecule is CCOC(=O)N1CCC(NC(=O)CNc2ccc(N(CC)CC)cc2)CC1. The second-order valence-electron chi connectivity index (χ2n) is 6.60. The molecule has 7 heteroatoms. The molecule has 1 aromatic carbocycles. The first-order chi connectivity index (χ1) is 13.1. The number of ether oxygens (including phenoxy) is 1. The molecular formula is C20H32N4O3. The molecule has 1 heterocycles. The molecule has 1 aliphatic heterocycles. The zero-order chi connectivity index (χ0) is 19.6. The van der Waals surface area contributed by atoms with Gasteiger partial charge < -0.3 is 25.2 Å². The lowest BCUT2D eigenvalue weighted by atomic mass is 10.1.